The molecule has 0 aliphatic heterocycles. The Morgan fingerprint density at radius 2 is 2.25 bits per heavy atom. The van der Waals surface area contributed by atoms with Crippen molar-refractivity contribution in [1.29, 1.82) is 0 Å². The van der Waals surface area contributed by atoms with Gasteiger partial charge in [0.15, 0.2) is 0 Å². The van der Waals surface area contributed by atoms with Crippen LogP contribution in [-0.4, -0.2) is 14.9 Å². The number of nitrogens with zero attached hydrogens (tertiary/aromatic N) is 2. The average Bonchev–Trinajstić information content (AvgIpc) is 2.87. The molecule has 2 rings (SSSR count). The van der Waals surface area contributed by atoms with Crippen LogP contribution >= 0.6 is 11.6 Å². The van der Waals surface area contributed by atoms with Crippen LogP contribution in [0.1, 0.15) is 50.8 Å². The van der Waals surface area contributed by atoms with Gasteiger partial charge < -0.3 is 5.11 Å². The summed E-state index contributed by atoms with van der Waals surface area (Å²) in [5.74, 6) is 0.659. The summed E-state index contributed by atoms with van der Waals surface area (Å²) in [5, 5.41) is 15.0. The molecule has 1 fully saturated rings. The van der Waals surface area contributed by atoms with Crippen LogP contribution in [0.25, 0.3) is 0 Å². The first-order valence-corrected chi connectivity index (χ1v) is 6.49. The largest absolute Gasteiger partial charge is 0.387 e. The third kappa shape index (κ3) is 2.41. The molecule has 16 heavy (non-hydrogen) atoms. The molecule has 0 radical (unpaired) electrons. The first-order valence-electron chi connectivity index (χ1n) is 6.11. The lowest BCUT2D eigenvalue weighted by Crippen LogP contribution is -2.11. The number of aliphatic hydroxyl groups excluding tert-OH is 1. The maximum Gasteiger partial charge on any atom is 0.0974 e. The SMILES string of the molecule is CCn1ncc(Cl)c1C(O)CC1CCCC1. The third-order valence-corrected chi connectivity index (χ3v) is 3.77. The zero-order valence-electron chi connectivity index (χ0n) is 9.69. The molecule has 4 heteroatoms. The standard InChI is InChI=1S/C12H19ClN2O/c1-2-15-12(10(13)8-14-15)11(16)7-9-5-3-4-6-9/h8-9,11,16H,2-7H2,1H3. The second kappa shape index (κ2) is 5.19. The molecule has 90 valence electrons. The molecule has 1 unspecified atom stereocenters. The number of rotatable bonds is 4. The smallest absolute Gasteiger partial charge is 0.0974 e. The Balaban J connectivity index is 2.06. The van der Waals surface area contributed by atoms with Crippen molar-refractivity contribution in [3.05, 3.63) is 16.9 Å². The Bertz CT molecular complexity index is 345. The summed E-state index contributed by atoms with van der Waals surface area (Å²) < 4.78 is 1.79. The van der Waals surface area contributed by atoms with Crippen molar-refractivity contribution in [3.8, 4) is 0 Å². The van der Waals surface area contributed by atoms with Crippen molar-refractivity contribution in [2.24, 2.45) is 5.92 Å². The number of aromatic nitrogens is 2. The number of aryl methyl sites for hydroxylation is 1. The Morgan fingerprint density at radius 1 is 1.56 bits per heavy atom. The van der Waals surface area contributed by atoms with Gasteiger partial charge in [-0.15, -0.1) is 0 Å². The fourth-order valence-electron chi connectivity index (χ4n) is 2.63. The highest BCUT2D eigenvalue weighted by molar-refractivity contribution is 6.31. The first-order chi connectivity index (χ1) is 7.72. The molecule has 1 saturated carbocycles. The van der Waals surface area contributed by atoms with Crippen molar-refractivity contribution < 1.29 is 5.11 Å². The predicted molar refractivity (Wildman–Crippen MR) is 64.4 cm³/mol. The molecule has 0 spiro atoms. The van der Waals surface area contributed by atoms with E-state index in [1.165, 1.54) is 25.7 Å². The molecule has 3 nitrogen and oxygen atoms in total. The highest BCUT2D eigenvalue weighted by Crippen LogP contribution is 2.34. The monoisotopic (exact) mass is 242 g/mol. The maximum atomic E-state index is 10.2. The lowest BCUT2D eigenvalue weighted by atomic mass is 9.98. The lowest BCUT2D eigenvalue weighted by molar-refractivity contribution is 0.135. The van der Waals surface area contributed by atoms with Crippen LogP contribution in [-0.2, 0) is 6.54 Å². The van der Waals surface area contributed by atoms with E-state index in [9.17, 15) is 5.11 Å². The quantitative estimate of drug-likeness (QED) is 0.881. The highest BCUT2D eigenvalue weighted by Gasteiger charge is 2.23. The maximum absolute atomic E-state index is 10.2. The molecule has 1 aliphatic rings. The second-order valence-electron chi connectivity index (χ2n) is 4.60. The Hall–Kier alpha value is -0.540. The summed E-state index contributed by atoms with van der Waals surface area (Å²) in [5.41, 5.74) is 0.788. The van der Waals surface area contributed by atoms with E-state index in [2.05, 4.69) is 5.10 Å². The molecule has 1 atom stereocenters. The zero-order valence-corrected chi connectivity index (χ0v) is 10.5. The van der Waals surface area contributed by atoms with Crippen molar-refractivity contribution >= 4 is 11.6 Å². The van der Waals surface area contributed by atoms with Crippen LogP contribution in [0, 0.1) is 5.92 Å². The molecule has 1 N–H and O–H groups in total. The van der Waals surface area contributed by atoms with Crippen molar-refractivity contribution in [1.82, 2.24) is 9.78 Å². The van der Waals surface area contributed by atoms with Crippen LogP contribution in [0.3, 0.4) is 0 Å². The molecular formula is C12H19ClN2O. The molecule has 1 aromatic heterocycles. The summed E-state index contributed by atoms with van der Waals surface area (Å²) in [4.78, 5) is 0. The van der Waals surface area contributed by atoms with E-state index in [0.29, 0.717) is 10.9 Å². The van der Waals surface area contributed by atoms with Crippen molar-refractivity contribution in [3.63, 3.8) is 0 Å². The van der Waals surface area contributed by atoms with E-state index in [-0.39, 0.29) is 0 Å². The van der Waals surface area contributed by atoms with Crippen LogP contribution in [0.15, 0.2) is 6.20 Å². The Labute approximate surface area is 101 Å². The minimum atomic E-state index is -0.460. The molecule has 1 aliphatic carbocycles. The summed E-state index contributed by atoms with van der Waals surface area (Å²) in [6.45, 7) is 2.76. The number of aliphatic hydroxyl groups is 1. The minimum absolute atomic E-state index is 0.460. The molecule has 1 heterocycles. The van der Waals surface area contributed by atoms with Crippen LogP contribution in [0.5, 0.6) is 0 Å². The topological polar surface area (TPSA) is 38.0 Å². The van der Waals surface area contributed by atoms with E-state index in [1.54, 1.807) is 10.9 Å². The summed E-state index contributed by atoms with van der Waals surface area (Å²) in [7, 11) is 0. The van der Waals surface area contributed by atoms with Gasteiger partial charge in [-0.25, -0.2) is 0 Å². The van der Waals surface area contributed by atoms with Gasteiger partial charge in [-0.2, -0.15) is 5.10 Å². The molecule has 0 bridgehead atoms. The van der Waals surface area contributed by atoms with Gasteiger partial charge in [0.1, 0.15) is 0 Å². The fourth-order valence-corrected chi connectivity index (χ4v) is 2.90. The molecule has 1 aromatic rings. The normalized spacial score (nSPS) is 19.2. The first kappa shape index (κ1) is 11.9. The zero-order chi connectivity index (χ0) is 11.5. The van der Waals surface area contributed by atoms with Crippen LogP contribution in [0.4, 0.5) is 0 Å². The van der Waals surface area contributed by atoms with E-state index < -0.39 is 6.10 Å². The van der Waals surface area contributed by atoms with Gasteiger partial charge in [0, 0.05) is 6.54 Å². The Kier molecular flexibility index (Phi) is 3.87. The minimum Gasteiger partial charge on any atom is -0.387 e. The van der Waals surface area contributed by atoms with Gasteiger partial charge in [0.2, 0.25) is 0 Å². The second-order valence-corrected chi connectivity index (χ2v) is 5.00. The summed E-state index contributed by atoms with van der Waals surface area (Å²) in [6, 6.07) is 0. The predicted octanol–water partition coefficient (Wildman–Crippen LogP) is 3.17. The molecule has 0 aromatic carbocycles. The highest BCUT2D eigenvalue weighted by atomic mass is 35.5. The summed E-state index contributed by atoms with van der Waals surface area (Å²) >= 11 is 6.06. The average molecular weight is 243 g/mol. The Morgan fingerprint density at radius 3 is 2.88 bits per heavy atom. The van der Waals surface area contributed by atoms with Crippen molar-refractivity contribution in [2.45, 2.75) is 51.7 Å². The lowest BCUT2D eigenvalue weighted by Gasteiger charge is -2.16. The van der Waals surface area contributed by atoms with Gasteiger partial charge in [-0.05, 0) is 19.3 Å². The van der Waals surface area contributed by atoms with Crippen LogP contribution in [0.2, 0.25) is 5.02 Å². The van der Waals surface area contributed by atoms with Gasteiger partial charge in [0.05, 0.1) is 23.0 Å². The molecular weight excluding hydrogens is 224 g/mol. The number of hydrogen-bond acceptors (Lipinski definition) is 2. The van der Waals surface area contributed by atoms with E-state index >= 15 is 0 Å². The van der Waals surface area contributed by atoms with Crippen LogP contribution < -0.4 is 0 Å². The van der Waals surface area contributed by atoms with E-state index in [4.69, 9.17) is 11.6 Å². The molecule has 0 amide bonds. The third-order valence-electron chi connectivity index (χ3n) is 3.48. The number of halogens is 1. The molecule has 0 saturated heterocycles. The number of hydrogen-bond donors (Lipinski definition) is 1. The fraction of sp³-hybridized carbons (Fsp3) is 0.750. The van der Waals surface area contributed by atoms with Gasteiger partial charge >= 0.3 is 0 Å². The summed E-state index contributed by atoms with van der Waals surface area (Å²) in [6.07, 6.45) is 7.09. The van der Waals surface area contributed by atoms with E-state index in [1.807, 2.05) is 6.92 Å². The van der Waals surface area contributed by atoms with Gasteiger partial charge in [0.25, 0.3) is 0 Å². The van der Waals surface area contributed by atoms with Crippen molar-refractivity contribution in [2.75, 3.05) is 0 Å². The van der Waals surface area contributed by atoms with Gasteiger partial charge in [-0.3, -0.25) is 4.68 Å². The van der Waals surface area contributed by atoms with Gasteiger partial charge in [-0.1, -0.05) is 37.3 Å². The van der Waals surface area contributed by atoms with E-state index in [0.717, 1.165) is 18.7 Å².